The van der Waals surface area contributed by atoms with Crippen LogP contribution in [0.15, 0.2) is 18.2 Å². The van der Waals surface area contributed by atoms with Gasteiger partial charge in [0.25, 0.3) is 0 Å². The molecule has 0 aliphatic carbocycles. The lowest BCUT2D eigenvalue weighted by Crippen LogP contribution is -1.92. The van der Waals surface area contributed by atoms with Crippen molar-refractivity contribution >= 4 is 11.9 Å². The lowest BCUT2D eigenvalue weighted by Gasteiger charge is -1.98. The van der Waals surface area contributed by atoms with Crippen molar-refractivity contribution < 1.29 is 0 Å². The van der Waals surface area contributed by atoms with Crippen LogP contribution in [0.25, 0.3) is 0 Å². The highest BCUT2D eigenvalue weighted by Gasteiger charge is 1.93. The zero-order valence-electron chi connectivity index (χ0n) is 8.59. The van der Waals surface area contributed by atoms with Gasteiger partial charge in [0.1, 0.15) is 0 Å². The van der Waals surface area contributed by atoms with E-state index in [0.29, 0.717) is 5.69 Å². The van der Waals surface area contributed by atoms with Gasteiger partial charge in [-0.3, -0.25) is 0 Å². The number of nitrogen functional groups attached to an aromatic ring is 1. The lowest BCUT2D eigenvalue weighted by molar-refractivity contribution is 1.09. The van der Waals surface area contributed by atoms with Crippen LogP contribution in [0.2, 0.25) is 0 Å². The van der Waals surface area contributed by atoms with E-state index in [2.05, 4.69) is 13.8 Å². The molecule has 0 spiro atoms. The second-order valence-electron chi connectivity index (χ2n) is 2.98. The van der Waals surface area contributed by atoms with Gasteiger partial charge < -0.3 is 11.1 Å². The van der Waals surface area contributed by atoms with Crippen molar-refractivity contribution in [3.8, 4) is 0 Å². The minimum Gasteiger partial charge on any atom is -0.398 e. The summed E-state index contributed by atoms with van der Waals surface area (Å²) in [6.07, 6.45) is 2.52. The average molecular weight is 178 g/mol. The molecule has 72 valence electrons. The fraction of sp³-hybridized carbons (Fsp3) is 0.364. The first-order valence-electron chi connectivity index (χ1n) is 4.52. The molecule has 2 nitrogen and oxygen atoms in total. The summed E-state index contributed by atoms with van der Waals surface area (Å²) in [7, 11) is 0. The highest BCUT2D eigenvalue weighted by Crippen LogP contribution is 2.10. The van der Waals surface area contributed by atoms with E-state index in [4.69, 9.17) is 11.1 Å². The van der Waals surface area contributed by atoms with E-state index in [1.165, 1.54) is 12.6 Å². The van der Waals surface area contributed by atoms with Crippen LogP contribution in [0.5, 0.6) is 0 Å². The molecule has 1 aromatic rings. The number of nitrogens with one attached hydrogen (secondary N) is 1. The number of rotatable bonds is 1. The van der Waals surface area contributed by atoms with Gasteiger partial charge in [0, 0.05) is 17.5 Å². The number of nitrogens with two attached hydrogens (primary N) is 1. The van der Waals surface area contributed by atoms with Crippen molar-refractivity contribution in [2.45, 2.75) is 27.2 Å². The Bertz CT molecular complexity index is 267. The Morgan fingerprint density at radius 2 is 1.92 bits per heavy atom. The third-order valence-corrected chi connectivity index (χ3v) is 1.40. The normalized spacial score (nSPS) is 8.54. The first-order chi connectivity index (χ1) is 6.15. The molecule has 0 unspecified atom stereocenters. The molecule has 0 aromatic heterocycles. The highest BCUT2D eigenvalue weighted by molar-refractivity contribution is 5.84. The summed E-state index contributed by atoms with van der Waals surface area (Å²) in [5.41, 5.74) is 8.14. The van der Waals surface area contributed by atoms with E-state index in [1.807, 2.05) is 25.1 Å². The summed E-state index contributed by atoms with van der Waals surface area (Å²) in [4.78, 5) is 0. The molecule has 1 rings (SSSR count). The van der Waals surface area contributed by atoms with E-state index in [-0.39, 0.29) is 0 Å². The van der Waals surface area contributed by atoms with Gasteiger partial charge in [-0.25, -0.2) is 0 Å². The van der Waals surface area contributed by atoms with Crippen molar-refractivity contribution in [3.05, 3.63) is 29.3 Å². The molecular weight excluding hydrogens is 160 g/mol. The van der Waals surface area contributed by atoms with E-state index >= 15 is 0 Å². The summed E-state index contributed by atoms with van der Waals surface area (Å²) in [5, 5.41) is 6.98. The second-order valence-corrected chi connectivity index (χ2v) is 2.98. The number of benzene rings is 1. The van der Waals surface area contributed by atoms with Gasteiger partial charge >= 0.3 is 0 Å². The van der Waals surface area contributed by atoms with Crippen LogP contribution in [0.3, 0.4) is 0 Å². The molecular formula is C11H18N2. The third kappa shape index (κ3) is 4.31. The molecule has 1 aromatic carbocycles. The van der Waals surface area contributed by atoms with Crippen LogP contribution in [-0.4, -0.2) is 6.21 Å². The Morgan fingerprint density at radius 1 is 1.38 bits per heavy atom. The Labute approximate surface area is 80.3 Å². The van der Waals surface area contributed by atoms with Gasteiger partial charge in [0.2, 0.25) is 0 Å². The van der Waals surface area contributed by atoms with Gasteiger partial charge in [-0.05, 0) is 19.1 Å². The van der Waals surface area contributed by atoms with Crippen molar-refractivity contribution in [1.82, 2.24) is 0 Å². The van der Waals surface area contributed by atoms with Gasteiger partial charge in [0.05, 0.1) is 0 Å². The summed E-state index contributed by atoms with van der Waals surface area (Å²) in [6, 6.07) is 5.64. The predicted octanol–water partition coefficient (Wildman–Crippen LogP) is 2.99. The Balaban J connectivity index is 0.000000424. The van der Waals surface area contributed by atoms with Crippen molar-refractivity contribution in [3.63, 3.8) is 0 Å². The molecule has 0 amide bonds. The Kier molecular flexibility index (Phi) is 5.60. The topological polar surface area (TPSA) is 49.9 Å². The molecule has 0 saturated carbocycles. The summed E-state index contributed by atoms with van der Waals surface area (Å²) >= 11 is 0. The average Bonchev–Trinajstić information content (AvgIpc) is 2.10. The molecule has 0 atom stereocenters. The minimum absolute atomic E-state index is 0.667. The Morgan fingerprint density at radius 3 is 2.31 bits per heavy atom. The molecule has 0 bridgehead atoms. The molecule has 0 aliphatic rings. The summed E-state index contributed by atoms with van der Waals surface area (Å²) in [6.45, 7) is 6.23. The van der Waals surface area contributed by atoms with Gasteiger partial charge in [-0.1, -0.05) is 31.9 Å². The van der Waals surface area contributed by atoms with E-state index in [1.54, 1.807) is 0 Å². The van der Waals surface area contributed by atoms with Gasteiger partial charge in [-0.2, -0.15) is 0 Å². The third-order valence-electron chi connectivity index (χ3n) is 1.40. The van der Waals surface area contributed by atoms with Crippen LogP contribution in [0.4, 0.5) is 5.69 Å². The van der Waals surface area contributed by atoms with Gasteiger partial charge in [-0.15, -0.1) is 0 Å². The molecule has 0 radical (unpaired) electrons. The molecule has 13 heavy (non-hydrogen) atoms. The SMILES string of the molecule is CCC.Cc1ccc(N)c(C=N)c1. The quantitative estimate of drug-likeness (QED) is 0.504. The monoisotopic (exact) mass is 178 g/mol. The molecule has 2 heteroatoms. The highest BCUT2D eigenvalue weighted by atomic mass is 14.6. The minimum atomic E-state index is 0.667. The molecule has 0 fully saturated rings. The van der Waals surface area contributed by atoms with E-state index < -0.39 is 0 Å². The second kappa shape index (κ2) is 6.23. The van der Waals surface area contributed by atoms with E-state index in [9.17, 15) is 0 Å². The fourth-order valence-electron chi connectivity index (χ4n) is 0.819. The Hall–Kier alpha value is -1.31. The number of hydrogen-bond acceptors (Lipinski definition) is 2. The zero-order valence-corrected chi connectivity index (χ0v) is 8.59. The van der Waals surface area contributed by atoms with Crippen LogP contribution in [0.1, 0.15) is 31.4 Å². The smallest absolute Gasteiger partial charge is 0.0403 e. The first-order valence-corrected chi connectivity index (χ1v) is 4.52. The van der Waals surface area contributed by atoms with Crippen molar-refractivity contribution in [1.29, 1.82) is 5.41 Å². The first kappa shape index (κ1) is 11.7. The lowest BCUT2D eigenvalue weighted by atomic mass is 10.1. The standard InChI is InChI=1S/C8H10N2.C3H8/c1-6-2-3-8(10)7(4-6)5-9;1-3-2/h2-5,9H,10H2,1H3;3H2,1-2H3. The molecule has 0 aliphatic heterocycles. The van der Waals surface area contributed by atoms with Crippen LogP contribution in [-0.2, 0) is 0 Å². The maximum absolute atomic E-state index is 6.98. The molecule has 3 N–H and O–H groups in total. The largest absolute Gasteiger partial charge is 0.398 e. The van der Waals surface area contributed by atoms with Crippen LogP contribution < -0.4 is 5.73 Å². The van der Waals surface area contributed by atoms with E-state index in [0.717, 1.165) is 11.1 Å². The number of anilines is 1. The summed E-state index contributed by atoms with van der Waals surface area (Å²) in [5.74, 6) is 0. The summed E-state index contributed by atoms with van der Waals surface area (Å²) < 4.78 is 0. The molecule has 0 heterocycles. The van der Waals surface area contributed by atoms with Crippen LogP contribution in [0, 0.1) is 12.3 Å². The number of aryl methyl sites for hydroxylation is 1. The van der Waals surface area contributed by atoms with Crippen molar-refractivity contribution in [2.24, 2.45) is 0 Å². The maximum atomic E-state index is 6.98. The maximum Gasteiger partial charge on any atom is 0.0403 e. The molecule has 0 saturated heterocycles. The van der Waals surface area contributed by atoms with Crippen molar-refractivity contribution in [2.75, 3.05) is 5.73 Å². The number of hydrogen-bond donors (Lipinski definition) is 2. The predicted molar refractivity (Wildman–Crippen MR) is 59.4 cm³/mol. The zero-order chi connectivity index (χ0) is 10.3. The fourth-order valence-corrected chi connectivity index (χ4v) is 0.819. The van der Waals surface area contributed by atoms with Gasteiger partial charge in [0.15, 0.2) is 0 Å². The van der Waals surface area contributed by atoms with Crippen LogP contribution >= 0.6 is 0 Å².